The summed E-state index contributed by atoms with van der Waals surface area (Å²) < 4.78 is 0. The highest BCUT2D eigenvalue weighted by Crippen LogP contribution is 2.61. The fourth-order valence-corrected chi connectivity index (χ4v) is 6.72. The van der Waals surface area contributed by atoms with Crippen molar-refractivity contribution in [1.82, 2.24) is 4.98 Å². The number of nitrogens with zero attached hydrogens (tertiary/aromatic N) is 1. The van der Waals surface area contributed by atoms with E-state index in [-0.39, 0.29) is 10.8 Å². The average molecular weight is 464 g/mol. The molecule has 1 nitrogen and oxygen atoms in total. The molecule has 0 unspecified atom stereocenters. The van der Waals surface area contributed by atoms with Crippen LogP contribution in [0.4, 0.5) is 0 Å². The minimum absolute atomic E-state index is 0.0597. The van der Waals surface area contributed by atoms with Crippen LogP contribution < -0.4 is 0 Å². The molecule has 2 aliphatic rings. The van der Waals surface area contributed by atoms with Crippen molar-refractivity contribution in [3.8, 4) is 44.6 Å². The zero-order chi connectivity index (χ0) is 24.7. The number of pyridine rings is 1. The van der Waals surface area contributed by atoms with E-state index in [1.807, 2.05) is 6.20 Å². The van der Waals surface area contributed by atoms with Crippen LogP contribution in [0.1, 0.15) is 49.9 Å². The predicted octanol–water partition coefficient (Wildman–Crippen LogP) is 9.03. The highest BCUT2D eigenvalue weighted by Gasteiger charge is 2.45. The van der Waals surface area contributed by atoms with E-state index in [9.17, 15) is 0 Å². The van der Waals surface area contributed by atoms with Crippen LogP contribution in [0.25, 0.3) is 44.6 Å². The van der Waals surface area contributed by atoms with Crippen molar-refractivity contribution >= 4 is 0 Å². The second-order valence-electron chi connectivity index (χ2n) is 11.2. The third-order valence-corrected chi connectivity index (χ3v) is 8.51. The van der Waals surface area contributed by atoms with Gasteiger partial charge in [-0.1, -0.05) is 107 Å². The molecule has 0 amide bonds. The van der Waals surface area contributed by atoms with Gasteiger partial charge in [0, 0.05) is 22.6 Å². The van der Waals surface area contributed by atoms with E-state index >= 15 is 0 Å². The minimum Gasteiger partial charge on any atom is -0.256 e. The third kappa shape index (κ3) is 2.74. The Morgan fingerprint density at radius 1 is 0.500 bits per heavy atom. The Morgan fingerprint density at radius 2 is 1.11 bits per heavy atom. The van der Waals surface area contributed by atoms with Gasteiger partial charge < -0.3 is 0 Å². The summed E-state index contributed by atoms with van der Waals surface area (Å²) in [6.45, 7) is 9.56. The highest BCUT2D eigenvalue weighted by atomic mass is 14.7. The van der Waals surface area contributed by atoms with Crippen molar-refractivity contribution < 1.29 is 0 Å². The quantitative estimate of drug-likeness (QED) is 0.254. The van der Waals surface area contributed by atoms with E-state index in [0.29, 0.717) is 0 Å². The number of hydrogen-bond donors (Lipinski definition) is 0. The van der Waals surface area contributed by atoms with Gasteiger partial charge in [-0.05, 0) is 73.8 Å². The predicted molar refractivity (Wildman–Crippen MR) is 150 cm³/mol. The van der Waals surface area contributed by atoms with Crippen molar-refractivity contribution in [3.05, 3.63) is 126 Å². The Morgan fingerprint density at radius 3 is 1.83 bits per heavy atom. The molecule has 5 aromatic rings. The van der Waals surface area contributed by atoms with Crippen LogP contribution in [0.3, 0.4) is 0 Å². The molecule has 0 N–H and O–H groups in total. The molecule has 36 heavy (non-hydrogen) atoms. The summed E-state index contributed by atoms with van der Waals surface area (Å²) in [5.74, 6) is 0. The van der Waals surface area contributed by atoms with E-state index in [2.05, 4.69) is 125 Å². The summed E-state index contributed by atoms with van der Waals surface area (Å²) in [6.07, 6.45) is 1.96. The molecule has 1 heterocycles. The molecule has 7 rings (SSSR count). The van der Waals surface area contributed by atoms with E-state index in [4.69, 9.17) is 4.98 Å². The summed E-state index contributed by atoms with van der Waals surface area (Å²) >= 11 is 0. The van der Waals surface area contributed by atoms with Crippen LogP contribution in [-0.2, 0) is 10.8 Å². The zero-order valence-electron chi connectivity index (χ0n) is 21.3. The van der Waals surface area contributed by atoms with Crippen LogP contribution >= 0.6 is 0 Å². The van der Waals surface area contributed by atoms with Gasteiger partial charge in [-0.15, -0.1) is 0 Å². The molecular formula is C35H29N. The first-order valence-electron chi connectivity index (χ1n) is 12.8. The smallest absolute Gasteiger partial charge is 0.0708 e. The second-order valence-corrected chi connectivity index (χ2v) is 11.2. The van der Waals surface area contributed by atoms with Crippen LogP contribution in [0.2, 0.25) is 0 Å². The monoisotopic (exact) mass is 463 g/mol. The molecule has 174 valence electrons. The fourth-order valence-electron chi connectivity index (χ4n) is 6.72. The maximum absolute atomic E-state index is 4.74. The lowest BCUT2D eigenvalue weighted by Crippen LogP contribution is -2.18. The maximum atomic E-state index is 4.74. The number of rotatable bonds is 2. The van der Waals surface area contributed by atoms with E-state index < -0.39 is 0 Å². The molecular weight excluding hydrogens is 434 g/mol. The van der Waals surface area contributed by atoms with Crippen LogP contribution in [0.5, 0.6) is 0 Å². The van der Waals surface area contributed by atoms with Gasteiger partial charge in [0.15, 0.2) is 0 Å². The Hall–Kier alpha value is -3.97. The SMILES string of the molecule is CC1(C)c2ccccc2-c2c1cc(-c1ccnc(-c3ccccc3)c1)c1c2C(C)(C)c2ccccc2-1. The van der Waals surface area contributed by atoms with Gasteiger partial charge in [0.25, 0.3) is 0 Å². The van der Waals surface area contributed by atoms with Gasteiger partial charge in [0.05, 0.1) is 5.69 Å². The Labute approximate surface area is 213 Å². The Balaban J connectivity index is 1.60. The second kappa shape index (κ2) is 7.27. The lowest BCUT2D eigenvalue weighted by Gasteiger charge is -2.27. The summed E-state index contributed by atoms with van der Waals surface area (Å²) in [5.41, 5.74) is 15.8. The average Bonchev–Trinajstić information content (AvgIpc) is 3.29. The molecule has 0 radical (unpaired) electrons. The number of aromatic nitrogens is 1. The van der Waals surface area contributed by atoms with Crippen molar-refractivity contribution in [2.75, 3.05) is 0 Å². The molecule has 0 saturated carbocycles. The van der Waals surface area contributed by atoms with E-state index in [1.54, 1.807) is 0 Å². The largest absolute Gasteiger partial charge is 0.256 e. The first-order chi connectivity index (χ1) is 17.4. The summed E-state index contributed by atoms with van der Waals surface area (Å²) in [7, 11) is 0. The summed E-state index contributed by atoms with van der Waals surface area (Å²) in [5, 5.41) is 0. The normalized spacial score (nSPS) is 15.7. The first-order valence-corrected chi connectivity index (χ1v) is 12.8. The molecule has 0 spiro atoms. The number of hydrogen-bond acceptors (Lipinski definition) is 1. The molecule has 1 heteroatoms. The Bertz CT molecular complexity index is 1670. The van der Waals surface area contributed by atoms with Crippen molar-refractivity contribution in [3.63, 3.8) is 0 Å². The molecule has 1 aromatic heterocycles. The highest BCUT2D eigenvalue weighted by molar-refractivity contribution is 6.01. The van der Waals surface area contributed by atoms with Crippen molar-refractivity contribution in [2.45, 2.75) is 38.5 Å². The topological polar surface area (TPSA) is 12.9 Å². The Kier molecular flexibility index (Phi) is 4.31. The van der Waals surface area contributed by atoms with E-state index in [0.717, 1.165) is 11.3 Å². The minimum atomic E-state index is -0.0885. The molecule has 2 aliphatic carbocycles. The summed E-state index contributed by atoms with van der Waals surface area (Å²) in [4.78, 5) is 4.74. The zero-order valence-corrected chi connectivity index (χ0v) is 21.3. The standard InChI is InChI=1S/C35H29N/c1-34(2)27-16-10-9-15-25(27)32-29(34)21-26(23-18-19-36-30(20-23)22-12-6-5-7-13-22)31-24-14-8-11-17-28(24)35(3,4)33(31)32/h5-21H,1-4H3. The molecule has 0 bridgehead atoms. The van der Waals surface area contributed by atoms with Gasteiger partial charge in [-0.3, -0.25) is 4.98 Å². The lowest BCUT2D eigenvalue weighted by molar-refractivity contribution is 0.648. The molecule has 0 fully saturated rings. The molecule has 0 saturated heterocycles. The summed E-state index contributed by atoms with van der Waals surface area (Å²) in [6, 6.07) is 35.4. The fraction of sp³-hybridized carbons (Fsp3) is 0.171. The van der Waals surface area contributed by atoms with Gasteiger partial charge in [-0.2, -0.15) is 0 Å². The third-order valence-electron chi connectivity index (χ3n) is 8.51. The van der Waals surface area contributed by atoms with Gasteiger partial charge in [0.2, 0.25) is 0 Å². The molecule has 0 atom stereocenters. The van der Waals surface area contributed by atoms with Crippen LogP contribution in [0.15, 0.2) is 103 Å². The van der Waals surface area contributed by atoms with Crippen molar-refractivity contribution in [2.24, 2.45) is 0 Å². The number of benzene rings is 4. The van der Waals surface area contributed by atoms with E-state index in [1.165, 1.54) is 55.6 Å². The molecule has 4 aromatic carbocycles. The van der Waals surface area contributed by atoms with Gasteiger partial charge >= 0.3 is 0 Å². The van der Waals surface area contributed by atoms with Gasteiger partial charge in [0.1, 0.15) is 0 Å². The lowest BCUT2D eigenvalue weighted by atomic mass is 9.75. The van der Waals surface area contributed by atoms with Crippen LogP contribution in [0, 0.1) is 0 Å². The maximum Gasteiger partial charge on any atom is 0.0708 e. The van der Waals surface area contributed by atoms with Gasteiger partial charge in [-0.25, -0.2) is 0 Å². The number of fused-ring (bicyclic) bond motifs is 7. The van der Waals surface area contributed by atoms with Crippen LogP contribution in [-0.4, -0.2) is 4.98 Å². The first kappa shape index (κ1) is 21.3. The molecule has 0 aliphatic heterocycles. The van der Waals surface area contributed by atoms with Crippen molar-refractivity contribution in [1.29, 1.82) is 0 Å².